The maximum atomic E-state index is 9.79. The average Bonchev–Trinajstić information content (AvgIpc) is 2.17. The van der Waals surface area contributed by atoms with Crippen LogP contribution in [0.25, 0.3) is 0 Å². The van der Waals surface area contributed by atoms with Crippen LogP contribution in [0.4, 0.5) is 0 Å². The third kappa shape index (κ3) is 1.44. The molecule has 4 nitrogen and oxygen atoms in total. The Morgan fingerprint density at radius 3 is 2.93 bits per heavy atom. The molecule has 4 N–H and O–H groups in total. The monoisotopic (exact) mass is 191 g/mol. The van der Waals surface area contributed by atoms with E-state index in [2.05, 4.69) is 0 Å². The molecule has 0 saturated heterocycles. The van der Waals surface area contributed by atoms with Gasteiger partial charge in [-0.25, -0.2) is 0 Å². The summed E-state index contributed by atoms with van der Waals surface area (Å²) >= 11 is 0. The summed E-state index contributed by atoms with van der Waals surface area (Å²) in [5.41, 5.74) is 7.38. The van der Waals surface area contributed by atoms with E-state index in [1.54, 1.807) is 4.90 Å². The summed E-state index contributed by atoms with van der Waals surface area (Å²) in [4.78, 5) is 1.66. The number of hydrogen-bond acceptors (Lipinski definition) is 2. The summed E-state index contributed by atoms with van der Waals surface area (Å²) < 4.78 is 0. The predicted octanol–water partition coefficient (Wildman–Crippen LogP) is 0.429. The summed E-state index contributed by atoms with van der Waals surface area (Å²) in [5, 5.41) is 17.1. The molecule has 14 heavy (non-hydrogen) atoms. The number of nitrogens with two attached hydrogens (primary N) is 1. The first-order chi connectivity index (χ1) is 6.68. The lowest BCUT2D eigenvalue weighted by atomic mass is 9.98. The zero-order chi connectivity index (χ0) is 10.1. The molecule has 4 heteroatoms. The van der Waals surface area contributed by atoms with Gasteiger partial charge in [0.1, 0.15) is 0 Å². The Morgan fingerprint density at radius 2 is 2.21 bits per heavy atom. The largest absolute Gasteiger partial charge is 0.387 e. The molecule has 0 amide bonds. The van der Waals surface area contributed by atoms with Crippen molar-refractivity contribution in [3.63, 3.8) is 0 Å². The topological polar surface area (TPSA) is 73.3 Å². The molecule has 1 aromatic carbocycles. The summed E-state index contributed by atoms with van der Waals surface area (Å²) in [6.07, 6.45) is -0.538. The first kappa shape index (κ1) is 9.02. The van der Waals surface area contributed by atoms with Gasteiger partial charge < -0.3 is 15.7 Å². The molecule has 1 aliphatic heterocycles. The fourth-order valence-electron chi connectivity index (χ4n) is 1.76. The summed E-state index contributed by atoms with van der Waals surface area (Å²) in [7, 11) is 0. The van der Waals surface area contributed by atoms with E-state index in [1.165, 1.54) is 0 Å². The highest BCUT2D eigenvalue weighted by molar-refractivity contribution is 5.75. The maximum Gasteiger partial charge on any atom is 0.188 e. The summed E-state index contributed by atoms with van der Waals surface area (Å²) in [6.45, 7) is 1.02. The van der Waals surface area contributed by atoms with Gasteiger partial charge in [-0.3, -0.25) is 5.41 Å². The number of benzene rings is 1. The SMILES string of the molecule is N=C(N)N1Cc2ccccc2[C@@H](O)C1. The van der Waals surface area contributed by atoms with Gasteiger partial charge in [0.25, 0.3) is 0 Å². The highest BCUT2D eigenvalue weighted by atomic mass is 16.3. The molecule has 0 saturated carbocycles. The average molecular weight is 191 g/mol. The van der Waals surface area contributed by atoms with Crippen LogP contribution < -0.4 is 5.73 Å². The molecule has 0 radical (unpaired) electrons. The van der Waals surface area contributed by atoms with Crippen molar-refractivity contribution in [1.82, 2.24) is 4.90 Å². The van der Waals surface area contributed by atoms with Gasteiger partial charge >= 0.3 is 0 Å². The lowest BCUT2D eigenvalue weighted by molar-refractivity contribution is 0.126. The van der Waals surface area contributed by atoms with Crippen LogP contribution in [0.3, 0.4) is 0 Å². The van der Waals surface area contributed by atoms with Crippen molar-refractivity contribution in [2.75, 3.05) is 6.54 Å². The number of hydrogen-bond donors (Lipinski definition) is 3. The second-order valence-corrected chi connectivity index (χ2v) is 3.48. The molecular weight excluding hydrogens is 178 g/mol. The van der Waals surface area contributed by atoms with Gasteiger partial charge in [0, 0.05) is 6.54 Å². The molecule has 0 aromatic heterocycles. The molecule has 1 heterocycles. The van der Waals surface area contributed by atoms with E-state index in [1.807, 2.05) is 24.3 Å². The van der Waals surface area contributed by atoms with E-state index in [0.717, 1.165) is 11.1 Å². The molecular formula is C10H13N3O. The Hall–Kier alpha value is -1.55. The van der Waals surface area contributed by atoms with Crippen molar-refractivity contribution in [3.8, 4) is 0 Å². The van der Waals surface area contributed by atoms with Crippen molar-refractivity contribution in [2.45, 2.75) is 12.6 Å². The third-order valence-electron chi connectivity index (χ3n) is 2.51. The zero-order valence-corrected chi connectivity index (χ0v) is 7.77. The lowest BCUT2D eigenvalue weighted by Gasteiger charge is -2.32. The van der Waals surface area contributed by atoms with Crippen LogP contribution in [-0.4, -0.2) is 22.5 Å². The minimum absolute atomic E-state index is 0.0125. The predicted molar refractivity (Wildman–Crippen MR) is 53.7 cm³/mol. The highest BCUT2D eigenvalue weighted by Crippen LogP contribution is 2.25. The third-order valence-corrected chi connectivity index (χ3v) is 2.51. The van der Waals surface area contributed by atoms with Crippen LogP contribution >= 0.6 is 0 Å². The Kier molecular flexibility index (Phi) is 2.13. The molecule has 74 valence electrons. The van der Waals surface area contributed by atoms with Crippen molar-refractivity contribution >= 4 is 5.96 Å². The van der Waals surface area contributed by atoms with Gasteiger partial charge in [-0.15, -0.1) is 0 Å². The molecule has 0 aliphatic carbocycles. The van der Waals surface area contributed by atoms with Crippen LogP contribution in [-0.2, 0) is 6.54 Å². The number of aliphatic hydroxyl groups is 1. The first-order valence-electron chi connectivity index (χ1n) is 4.53. The van der Waals surface area contributed by atoms with Crippen molar-refractivity contribution < 1.29 is 5.11 Å². The van der Waals surface area contributed by atoms with Crippen LogP contribution in [0.2, 0.25) is 0 Å². The number of aliphatic hydroxyl groups excluding tert-OH is 1. The molecule has 0 unspecified atom stereocenters. The lowest BCUT2D eigenvalue weighted by Crippen LogP contribution is -2.41. The maximum absolute atomic E-state index is 9.79. The molecule has 1 aromatic rings. The number of guanidine groups is 1. The Bertz CT molecular complexity index is 364. The second-order valence-electron chi connectivity index (χ2n) is 3.48. The fourth-order valence-corrected chi connectivity index (χ4v) is 1.76. The Labute approximate surface area is 82.5 Å². The number of nitrogens with one attached hydrogen (secondary N) is 1. The van der Waals surface area contributed by atoms with Crippen molar-refractivity contribution in [2.24, 2.45) is 5.73 Å². The van der Waals surface area contributed by atoms with Crippen LogP contribution in [0, 0.1) is 5.41 Å². The fraction of sp³-hybridized carbons (Fsp3) is 0.300. The van der Waals surface area contributed by atoms with Gasteiger partial charge in [-0.2, -0.15) is 0 Å². The van der Waals surface area contributed by atoms with Crippen molar-refractivity contribution in [1.29, 1.82) is 5.41 Å². The van der Waals surface area contributed by atoms with E-state index in [-0.39, 0.29) is 5.96 Å². The Morgan fingerprint density at radius 1 is 1.50 bits per heavy atom. The standard InChI is InChI=1S/C10H13N3O/c11-10(12)13-5-7-3-1-2-4-8(7)9(14)6-13/h1-4,9,14H,5-6H2,(H3,11,12)/t9-/m0/s1. The molecule has 2 rings (SSSR count). The zero-order valence-electron chi connectivity index (χ0n) is 7.77. The normalized spacial score (nSPS) is 20.4. The first-order valence-corrected chi connectivity index (χ1v) is 4.53. The van der Waals surface area contributed by atoms with Gasteiger partial charge in [0.15, 0.2) is 5.96 Å². The number of β-amino-alcohol motifs (C(OH)–C–C–N with tert-alkyl or cyclic N) is 1. The number of fused-ring (bicyclic) bond motifs is 1. The number of rotatable bonds is 0. The highest BCUT2D eigenvalue weighted by Gasteiger charge is 2.23. The van der Waals surface area contributed by atoms with E-state index in [4.69, 9.17) is 11.1 Å². The van der Waals surface area contributed by atoms with Crippen LogP contribution in [0.1, 0.15) is 17.2 Å². The number of nitrogens with zero attached hydrogens (tertiary/aromatic N) is 1. The van der Waals surface area contributed by atoms with Crippen LogP contribution in [0.5, 0.6) is 0 Å². The quantitative estimate of drug-likeness (QED) is 0.411. The Balaban J connectivity index is 2.33. The molecule has 0 bridgehead atoms. The van der Waals surface area contributed by atoms with E-state index in [9.17, 15) is 5.11 Å². The molecule has 0 fully saturated rings. The molecule has 1 atom stereocenters. The smallest absolute Gasteiger partial charge is 0.188 e. The van der Waals surface area contributed by atoms with E-state index >= 15 is 0 Å². The van der Waals surface area contributed by atoms with Gasteiger partial charge in [-0.1, -0.05) is 24.3 Å². The minimum Gasteiger partial charge on any atom is -0.387 e. The second kappa shape index (κ2) is 3.31. The van der Waals surface area contributed by atoms with Crippen LogP contribution in [0.15, 0.2) is 24.3 Å². The van der Waals surface area contributed by atoms with E-state index in [0.29, 0.717) is 13.1 Å². The minimum atomic E-state index is -0.538. The van der Waals surface area contributed by atoms with Gasteiger partial charge in [-0.05, 0) is 11.1 Å². The molecule has 1 aliphatic rings. The molecule has 0 spiro atoms. The van der Waals surface area contributed by atoms with Crippen molar-refractivity contribution in [3.05, 3.63) is 35.4 Å². The van der Waals surface area contributed by atoms with Gasteiger partial charge in [0.05, 0.1) is 12.6 Å². The summed E-state index contributed by atoms with van der Waals surface area (Å²) in [6, 6.07) is 7.70. The van der Waals surface area contributed by atoms with Gasteiger partial charge in [0.2, 0.25) is 0 Å². The summed E-state index contributed by atoms with van der Waals surface area (Å²) in [5.74, 6) is 0.0125. The van der Waals surface area contributed by atoms with E-state index < -0.39 is 6.10 Å².